The van der Waals surface area contributed by atoms with Crippen molar-refractivity contribution < 1.29 is 66.6 Å². The van der Waals surface area contributed by atoms with Crippen LogP contribution in [-0.4, -0.2) is 127 Å². The number of imide groups is 1. The summed E-state index contributed by atoms with van der Waals surface area (Å²) in [6.45, 7) is 0.733. The molecule has 389 valence electrons. The molecule has 4 N–H and O–H groups in total. The molecule has 5 heterocycles. The minimum atomic E-state index is -4.62. The van der Waals surface area contributed by atoms with Gasteiger partial charge in [0.1, 0.15) is 17.6 Å². The van der Waals surface area contributed by atoms with Crippen molar-refractivity contribution in [3.05, 3.63) is 158 Å². The molecule has 0 bridgehead atoms. The van der Waals surface area contributed by atoms with Gasteiger partial charge in [0, 0.05) is 119 Å². The third-order valence-corrected chi connectivity index (χ3v) is 11.5. The maximum absolute atomic E-state index is 12.8. The number of carbonyl (C=O) groups is 6. The van der Waals surface area contributed by atoms with Gasteiger partial charge in [0.15, 0.2) is 0 Å². The summed E-state index contributed by atoms with van der Waals surface area (Å²) in [5, 5.41) is 17.4. The third-order valence-electron chi connectivity index (χ3n) is 10.8. The minimum Gasteiger partial charge on any atom is -0.378 e. The quantitative estimate of drug-likeness (QED) is 0.0231. The number of carbonyl (C=O) groups excluding carboxylic acids is 6. The Bertz CT molecular complexity index is 2980. The van der Waals surface area contributed by atoms with Gasteiger partial charge in [0.05, 0.1) is 30.8 Å². The van der Waals surface area contributed by atoms with Gasteiger partial charge >= 0.3 is 0 Å². The molecule has 1 unspecified atom stereocenters. The van der Waals surface area contributed by atoms with Gasteiger partial charge in [-0.15, -0.1) is 12.1 Å². The van der Waals surface area contributed by atoms with Crippen LogP contribution in [0.15, 0.2) is 140 Å². The molecular weight excluding hydrogens is 1150 g/mol. The monoisotopic (exact) mass is 1200 g/mol. The van der Waals surface area contributed by atoms with E-state index in [1.807, 2.05) is 97.3 Å². The van der Waals surface area contributed by atoms with Crippen LogP contribution in [0.4, 0.5) is 0 Å². The van der Waals surface area contributed by atoms with Crippen LogP contribution in [0.25, 0.3) is 33.2 Å². The molecule has 3 aromatic carbocycles. The van der Waals surface area contributed by atoms with Crippen molar-refractivity contribution in [2.24, 2.45) is 0 Å². The number of nitrogens with zero attached hydrogens (tertiary/aromatic N) is 7. The Balaban J connectivity index is 0.000000355. The zero-order valence-corrected chi connectivity index (χ0v) is 43.3. The molecule has 1 aliphatic rings. The van der Waals surface area contributed by atoms with E-state index >= 15 is 0 Å². The van der Waals surface area contributed by atoms with Crippen molar-refractivity contribution >= 4 is 67.2 Å². The summed E-state index contributed by atoms with van der Waals surface area (Å²) in [6, 6.07) is 33.2. The molecule has 0 saturated heterocycles. The van der Waals surface area contributed by atoms with Crippen molar-refractivity contribution in [1.29, 1.82) is 0 Å². The van der Waals surface area contributed by atoms with Gasteiger partial charge in [0.25, 0.3) is 21.9 Å². The average molecular weight is 1200 g/mol. The maximum Gasteiger partial charge on any atom is 0.267 e. The van der Waals surface area contributed by atoms with E-state index in [1.54, 1.807) is 40.2 Å². The number of Topliss-reactive ketones (excluding diaryl/α,β-unsaturated/α-hetero) is 1. The number of benzene rings is 3. The molecule has 1 atom stereocenters. The van der Waals surface area contributed by atoms with Gasteiger partial charge < -0.3 is 20.7 Å². The van der Waals surface area contributed by atoms with Crippen LogP contribution in [0.5, 0.6) is 0 Å². The van der Waals surface area contributed by atoms with E-state index in [-0.39, 0.29) is 96.7 Å². The summed E-state index contributed by atoms with van der Waals surface area (Å²) >= 11 is 0. The van der Waals surface area contributed by atoms with E-state index in [0.717, 1.165) is 38.1 Å². The van der Waals surface area contributed by atoms with E-state index in [4.69, 9.17) is 4.74 Å². The Kier molecular flexibility index (Phi) is 23.1. The molecule has 0 spiro atoms. The summed E-state index contributed by atoms with van der Waals surface area (Å²) in [5.41, 5.74) is 4.14. The van der Waals surface area contributed by atoms with E-state index in [0.29, 0.717) is 18.4 Å². The molecule has 4 aromatic heterocycles. The fraction of sp³-hybridized carbons (Fsp3) is 0.269. The maximum atomic E-state index is 12.8. The summed E-state index contributed by atoms with van der Waals surface area (Å²) in [7, 11) is -4.62. The molecule has 0 saturated carbocycles. The summed E-state index contributed by atoms with van der Waals surface area (Å²) in [6.07, 6.45) is 14.1. The van der Waals surface area contributed by atoms with Crippen LogP contribution in [0.3, 0.4) is 0 Å². The Labute approximate surface area is 441 Å². The largest absolute Gasteiger partial charge is 0.378 e. The van der Waals surface area contributed by atoms with Crippen LogP contribution in [0.1, 0.15) is 44.1 Å². The number of para-hydroxylation sites is 2. The molecule has 74 heavy (non-hydrogen) atoms. The number of pyridine rings is 2. The smallest absolute Gasteiger partial charge is 0.267 e. The van der Waals surface area contributed by atoms with E-state index in [1.165, 1.54) is 12.2 Å². The number of hydrogen-bond acceptors (Lipinski definition) is 13. The second kappa shape index (κ2) is 29.8. The summed E-state index contributed by atoms with van der Waals surface area (Å²) in [4.78, 5) is 82.9. The first-order valence-corrected chi connectivity index (χ1v) is 24.9. The van der Waals surface area contributed by atoms with Gasteiger partial charge in [0.2, 0.25) is 17.7 Å². The van der Waals surface area contributed by atoms with Gasteiger partial charge in [-0.1, -0.05) is 18.2 Å². The second-order valence-corrected chi connectivity index (χ2v) is 17.7. The Morgan fingerprint density at radius 3 is 1.96 bits per heavy atom. The van der Waals surface area contributed by atoms with Crippen molar-refractivity contribution in [2.45, 2.75) is 51.0 Å². The Morgan fingerprint density at radius 1 is 0.676 bits per heavy atom. The van der Waals surface area contributed by atoms with Crippen LogP contribution >= 0.6 is 0 Å². The summed E-state index contributed by atoms with van der Waals surface area (Å²) < 4.78 is 41.3. The molecule has 0 fully saturated rings. The van der Waals surface area contributed by atoms with Gasteiger partial charge in [-0.2, -0.15) is 67.1 Å². The fourth-order valence-electron chi connectivity index (χ4n) is 7.25. The predicted octanol–water partition coefficient (Wildman–Crippen LogP) is 4.12. The SMILES string of the molecule is O=C(CCCC(=O)NC(CS(=O)(=O)O)C(=O)NCCCCC(=O)NCCOCCN1C(=O)C=CC1=O)Cc1ccnc2c1ccc1cccnc12.[Ir].[c-]1ccccc1-n1cccn1.[c-]1ccccc1-n1cccn1. The third kappa shape index (κ3) is 18.8. The van der Waals surface area contributed by atoms with Crippen molar-refractivity contribution in [3.8, 4) is 11.4 Å². The molecule has 5 amide bonds. The second-order valence-electron chi connectivity index (χ2n) is 16.2. The number of unbranched alkanes of at least 4 members (excludes halogenated alkanes) is 1. The fourth-order valence-corrected chi connectivity index (χ4v) is 7.91. The molecule has 1 aliphatic heterocycles. The zero-order valence-electron chi connectivity index (χ0n) is 40.0. The van der Waals surface area contributed by atoms with E-state index in [2.05, 4.69) is 48.2 Å². The molecule has 20 nitrogen and oxygen atoms in total. The first kappa shape index (κ1) is 57.3. The number of rotatable bonds is 23. The molecule has 0 aliphatic carbocycles. The average Bonchev–Trinajstić information content (AvgIpc) is 4.20. The molecule has 8 rings (SSSR count). The molecular formula is C52H54IrN10O10S-2. The number of amides is 5. The minimum absolute atomic E-state index is 0. The first-order chi connectivity index (χ1) is 35.3. The Hall–Kier alpha value is -7.62. The van der Waals surface area contributed by atoms with Gasteiger partial charge in [-0.3, -0.25) is 57.6 Å². The number of fused-ring (bicyclic) bond motifs is 3. The summed E-state index contributed by atoms with van der Waals surface area (Å²) in [5.74, 6) is -3.68. The van der Waals surface area contributed by atoms with Crippen molar-refractivity contribution in [1.82, 2.24) is 50.4 Å². The van der Waals surface area contributed by atoms with E-state index < -0.39 is 45.5 Å². The predicted molar refractivity (Wildman–Crippen MR) is 269 cm³/mol. The molecule has 1 radical (unpaired) electrons. The number of aromatic nitrogens is 6. The van der Waals surface area contributed by atoms with Crippen LogP contribution in [0, 0.1) is 12.1 Å². The van der Waals surface area contributed by atoms with Crippen LogP contribution in [0.2, 0.25) is 0 Å². The van der Waals surface area contributed by atoms with Crippen molar-refractivity contribution in [3.63, 3.8) is 0 Å². The Morgan fingerprint density at radius 2 is 1.34 bits per heavy atom. The topological polar surface area (TPSA) is 267 Å². The number of nitrogens with one attached hydrogen (secondary N) is 3. The van der Waals surface area contributed by atoms with Crippen LogP contribution in [-0.2, 0) is 70.1 Å². The normalized spacial score (nSPS) is 12.2. The van der Waals surface area contributed by atoms with Crippen LogP contribution < -0.4 is 16.0 Å². The zero-order chi connectivity index (χ0) is 51.8. The van der Waals surface area contributed by atoms with Gasteiger partial charge in [-0.05, 0) is 60.5 Å². The number of ketones is 1. The molecule has 22 heteroatoms. The van der Waals surface area contributed by atoms with Crippen molar-refractivity contribution in [2.75, 3.05) is 38.6 Å². The molecule has 7 aromatic rings. The standard InChI is InChI=1S/C34H40N6O10S.2C9H7N2.Ir/c41-25(21-24-13-16-37-33-26(24)10-9-23-5-4-15-36-32(23)33)6-3-8-29(43)39-27(22-51(47,48)49)34(46)38-14-2-1-7-28(42)35-17-19-50-20-18-40-30(44)11-12-31(40)45;2*1-2-5-9(6-3-1)11-8-4-7-10-11;/h4-5,9-13,15-16,27H,1-3,6-8,14,17-22H2,(H,35,42)(H,38,46)(H,39,43)(H,47,48,49);2*1-5,7-8H;/q;2*-1;. The van der Waals surface area contributed by atoms with E-state index in [9.17, 15) is 41.7 Å². The van der Waals surface area contributed by atoms with Gasteiger partial charge in [-0.25, -0.2) is 0 Å². The number of hydrogen-bond donors (Lipinski definition) is 4. The first-order valence-electron chi connectivity index (χ1n) is 23.3. The number of ether oxygens (including phenoxy) is 1.